The molecule has 5 heteroatoms. The fraction of sp³-hybridized carbons (Fsp3) is 0.429. The van der Waals surface area contributed by atoms with Gasteiger partial charge in [-0.25, -0.2) is 9.97 Å². The van der Waals surface area contributed by atoms with Gasteiger partial charge >= 0.3 is 0 Å². The van der Waals surface area contributed by atoms with Gasteiger partial charge in [-0.15, -0.1) is 11.3 Å². The molecule has 0 saturated heterocycles. The Bertz CT molecular complexity index is 853. The summed E-state index contributed by atoms with van der Waals surface area (Å²) in [6.07, 6.45) is 0.761. The summed E-state index contributed by atoms with van der Waals surface area (Å²) in [6.45, 7) is 12.8. The number of thiophene rings is 1. The Balaban J connectivity index is 1.88. The smallest absolute Gasteiger partial charge is 0.138 e. The summed E-state index contributed by atoms with van der Waals surface area (Å²) in [6, 6.07) is 10.4. The summed E-state index contributed by atoms with van der Waals surface area (Å²) in [7, 11) is 0. The fourth-order valence-electron chi connectivity index (χ4n) is 3.15. The normalized spacial score (nSPS) is 11.4. The molecule has 26 heavy (non-hydrogen) atoms. The number of hydrogen-bond acceptors (Lipinski definition) is 5. The van der Waals surface area contributed by atoms with Gasteiger partial charge in [0, 0.05) is 24.4 Å². The Labute approximate surface area is 160 Å². The Kier molecular flexibility index (Phi) is 6.22. The molecule has 0 fully saturated rings. The molecule has 0 aliphatic carbocycles. The highest BCUT2D eigenvalue weighted by molar-refractivity contribution is 7.18. The minimum Gasteiger partial charge on any atom is -0.368 e. The average Bonchev–Trinajstić information content (AvgIpc) is 2.93. The van der Waals surface area contributed by atoms with Crippen molar-refractivity contribution in [3.05, 3.63) is 52.2 Å². The second kappa shape index (κ2) is 8.60. The van der Waals surface area contributed by atoms with Crippen LogP contribution in [0.2, 0.25) is 0 Å². The monoisotopic (exact) mass is 368 g/mol. The van der Waals surface area contributed by atoms with Crippen molar-refractivity contribution in [3.8, 4) is 0 Å². The molecule has 3 aromatic rings. The molecular weight excluding hydrogens is 340 g/mol. The van der Waals surface area contributed by atoms with Crippen LogP contribution in [0.1, 0.15) is 35.7 Å². The van der Waals surface area contributed by atoms with Crippen molar-refractivity contribution in [1.29, 1.82) is 0 Å². The SMILES string of the molecule is CCN(CC)CCNc1nc(Cc2ccccc2)nc2sc(C)c(C)c12. The van der Waals surface area contributed by atoms with Gasteiger partial charge in [0.05, 0.1) is 5.39 Å². The number of nitrogens with one attached hydrogen (secondary N) is 1. The lowest BCUT2D eigenvalue weighted by molar-refractivity contribution is 0.316. The first-order chi connectivity index (χ1) is 12.6. The van der Waals surface area contributed by atoms with E-state index < -0.39 is 0 Å². The highest BCUT2D eigenvalue weighted by Crippen LogP contribution is 2.33. The van der Waals surface area contributed by atoms with Crippen molar-refractivity contribution in [1.82, 2.24) is 14.9 Å². The summed E-state index contributed by atoms with van der Waals surface area (Å²) in [5.74, 6) is 1.87. The van der Waals surface area contributed by atoms with Crippen molar-refractivity contribution in [2.24, 2.45) is 0 Å². The van der Waals surface area contributed by atoms with Crippen molar-refractivity contribution < 1.29 is 0 Å². The van der Waals surface area contributed by atoms with Crippen LogP contribution in [-0.4, -0.2) is 41.0 Å². The molecular formula is C21H28N4S. The first-order valence-corrected chi connectivity index (χ1v) is 10.2. The van der Waals surface area contributed by atoms with Gasteiger partial charge in [0.1, 0.15) is 16.5 Å². The zero-order valence-electron chi connectivity index (χ0n) is 16.2. The number of likely N-dealkylation sites (N-methyl/N-ethyl adjacent to an activating group) is 1. The predicted molar refractivity (Wildman–Crippen MR) is 112 cm³/mol. The summed E-state index contributed by atoms with van der Waals surface area (Å²) in [5, 5.41) is 4.77. The first-order valence-electron chi connectivity index (χ1n) is 9.39. The molecule has 3 rings (SSSR count). The van der Waals surface area contributed by atoms with Crippen LogP contribution in [0, 0.1) is 13.8 Å². The van der Waals surface area contributed by atoms with Crippen LogP contribution in [-0.2, 0) is 6.42 Å². The van der Waals surface area contributed by atoms with Crippen molar-refractivity contribution in [3.63, 3.8) is 0 Å². The van der Waals surface area contributed by atoms with Crippen molar-refractivity contribution >= 4 is 27.4 Å². The molecule has 0 radical (unpaired) electrons. The Morgan fingerprint density at radius 3 is 2.46 bits per heavy atom. The van der Waals surface area contributed by atoms with Crippen LogP contribution in [0.15, 0.2) is 30.3 Å². The van der Waals surface area contributed by atoms with Crippen molar-refractivity contribution in [2.45, 2.75) is 34.1 Å². The van der Waals surface area contributed by atoms with Gasteiger partial charge < -0.3 is 10.2 Å². The lowest BCUT2D eigenvalue weighted by atomic mass is 10.1. The second-order valence-corrected chi connectivity index (χ2v) is 7.77. The predicted octanol–water partition coefficient (Wildman–Crippen LogP) is 4.65. The number of aromatic nitrogens is 2. The lowest BCUT2D eigenvalue weighted by Crippen LogP contribution is -2.28. The molecule has 0 spiro atoms. The molecule has 0 atom stereocenters. The zero-order valence-corrected chi connectivity index (χ0v) is 17.0. The second-order valence-electron chi connectivity index (χ2n) is 6.57. The van der Waals surface area contributed by atoms with E-state index in [1.807, 2.05) is 6.07 Å². The van der Waals surface area contributed by atoms with E-state index in [9.17, 15) is 0 Å². The van der Waals surface area contributed by atoms with Gasteiger partial charge in [-0.2, -0.15) is 0 Å². The molecule has 0 bridgehead atoms. The van der Waals surface area contributed by atoms with Crippen LogP contribution in [0.3, 0.4) is 0 Å². The molecule has 0 aliphatic heterocycles. The molecule has 0 saturated carbocycles. The van der Waals surface area contributed by atoms with E-state index >= 15 is 0 Å². The third kappa shape index (κ3) is 4.22. The summed E-state index contributed by atoms with van der Waals surface area (Å²) < 4.78 is 0. The van der Waals surface area contributed by atoms with E-state index in [0.29, 0.717) is 0 Å². The minimum absolute atomic E-state index is 0.761. The molecule has 0 unspecified atom stereocenters. The standard InChI is InChI=1S/C21H28N4S/c1-5-25(6-2)13-12-22-20-19-15(3)16(4)26-21(19)24-18(23-20)14-17-10-8-7-9-11-17/h7-11H,5-6,12-14H2,1-4H3,(H,22,23,24). The summed E-state index contributed by atoms with van der Waals surface area (Å²) >= 11 is 1.76. The number of nitrogens with zero attached hydrogens (tertiary/aromatic N) is 3. The van der Waals surface area contributed by atoms with Crippen LogP contribution in [0.25, 0.3) is 10.2 Å². The maximum absolute atomic E-state index is 4.88. The van der Waals surface area contributed by atoms with Gasteiger partial charge in [0.25, 0.3) is 0 Å². The molecule has 2 aromatic heterocycles. The quantitative estimate of drug-likeness (QED) is 0.628. The lowest BCUT2D eigenvalue weighted by Gasteiger charge is -2.18. The Morgan fingerprint density at radius 2 is 1.77 bits per heavy atom. The highest BCUT2D eigenvalue weighted by Gasteiger charge is 2.15. The van der Waals surface area contributed by atoms with Gasteiger partial charge in [-0.1, -0.05) is 44.2 Å². The number of anilines is 1. The topological polar surface area (TPSA) is 41.0 Å². The number of fused-ring (bicyclic) bond motifs is 1. The molecule has 2 heterocycles. The maximum Gasteiger partial charge on any atom is 0.138 e. The fourth-order valence-corrected chi connectivity index (χ4v) is 4.20. The maximum atomic E-state index is 4.88. The van der Waals surface area contributed by atoms with E-state index in [1.54, 1.807) is 11.3 Å². The molecule has 0 aliphatic rings. The third-order valence-corrected chi connectivity index (χ3v) is 6.00. The molecule has 138 valence electrons. The highest BCUT2D eigenvalue weighted by atomic mass is 32.1. The largest absolute Gasteiger partial charge is 0.368 e. The Morgan fingerprint density at radius 1 is 1.04 bits per heavy atom. The molecule has 1 N–H and O–H groups in total. The van der Waals surface area contributed by atoms with Gasteiger partial charge in [-0.05, 0) is 38.1 Å². The molecule has 4 nitrogen and oxygen atoms in total. The van der Waals surface area contributed by atoms with Crippen LogP contribution < -0.4 is 5.32 Å². The van der Waals surface area contributed by atoms with E-state index in [2.05, 4.69) is 62.2 Å². The average molecular weight is 369 g/mol. The van der Waals surface area contributed by atoms with E-state index in [1.165, 1.54) is 21.4 Å². The first kappa shape index (κ1) is 18.8. The third-order valence-electron chi connectivity index (χ3n) is 4.89. The molecule has 1 aromatic carbocycles. The van der Waals surface area contributed by atoms with Gasteiger partial charge in [0.15, 0.2) is 0 Å². The van der Waals surface area contributed by atoms with E-state index in [-0.39, 0.29) is 0 Å². The summed E-state index contributed by atoms with van der Waals surface area (Å²) in [5.41, 5.74) is 2.53. The van der Waals surface area contributed by atoms with E-state index in [4.69, 9.17) is 9.97 Å². The van der Waals surface area contributed by atoms with Crippen LogP contribution >= 0.6 is 11.3 Å². The van der Waals surface area contributed by atoms with Crippen LogP contribution in [0.4, 0.5) is 5.82 Å². The van der Waals surface area contributed by atoms with E-state index in [0.717, 1.165) is 49.1 Å². The molecule has 0 amide bonds. The van der Waals surface area contributed by atoms with Gasteiger partial charge in [-0.3, -0.25) is 0 Å². The minimum atomic E-state index is 0.761. The van der Waals surface area contributed by atoms with Crippen LogP contribution in [0.5, 0.6) is 0 Å². The number of rotatable bonds is 8. The zero-order chi connectivity index (χ0) is 18.5. The van der Waals surface area contributed by atoms with Gasteiger partial charge in [0.2, 0.25) is 0 Å². The number of benzene rings is 1. The number of aryl methyl sites for hydroxylation is 2. The number of hydrogen-bond donors (Lipinski definition) is 1. The summed E-state index contributed by atoms with van der Waals surface area (Å²) in [4.78, 5) is 14.6. The van der Waals surface area contributed by atoms with Crippen molar-refractivity contribution in [2.75, 3.05) is 31.5 Å². The Hall–Kier alpha value is -1.98.